The largest absolute Gasteiger partial charge is 0.408 e. The first-order valence-corrected chi connectivity index (χ1v) is 10.8. The van der Waals surface area contributed by atoms with Crippen LogP contribution in [0.15, 0.2) is 41.3 Å². The van der Waals surface area contributed by atoms with Gasteiger partial charge in [0, 0.05) is 11.9 Å². The maximum Gasteiger partial charge on any atom is 0.408 e. The number of aromatic amines is 1. The molecule has 0 amide bonds. The van der Waals surface area contributed by atoms with Gasteiger partial charge in [-0.05, 0) is 50.7 Å². The van der Waals surface area contributed by atoms with E-state index < -0.39 is 12.2 Å². The number of benzene rings is 1. The van der Waals surface area contributed by atoms with E-state index in [4.69, 9.17) is 0 Å². The number of nitrogens with one attached hydrogen (secondary N) is 2. The van der Waals surface area contributed by atoms with E-state index >= 15 is 0 Å². The van der Waals surface area contributed by atoms with E-state index in [2.05, 4.69) is 21.5 Å². The average molecular weight is 458 g/mol. The van der Waals surface area contributed by atoms with Crippen molar-refractivity contribution in [3.05, 3.63) is 52.4 Å². The van der Waals surface area contributed by atoms with Gasteiger partial charge in [0.15, 0.2) is 5.82 Å². The fourth-order valence-corrected chi connectivity index (χ4v) is 4.66. The Labute approximate surface area is 188 Å². The van der Waals surface area contributed by atoms with Crippen molar-refractivity contribution in [2.24, 2.45) is 5.92 Å². The number of pyridine rings is 1. The first kappa shape index (κ1) is 22.9. The van der Waals surface area contributed by atoms with Crippen LogP contribution in [0.2, 0.25) is 0 Å². The molecular formula is C23H25F3N6O. The SMILES string of the molecule is CN(C)C(c1ccc(Nc2nn(C3CCCCC3C#N)c3cc[nH]c(=O)c23)cc1)C(F)(F)F. The van der Waals surface area contributed by atoms with E-state index in [1.165, 1.54) is 38.4 Å². The zero-order valence-corrected chi connectivity index (χ0v) is 18.4. The van der Waals surface area contributed by atoms with E-state index in [0.717, 1.165) is 30.6 Å². The van der Waals surface area contributed by atoms with Crippen LogP contribution in [0, 0.1) is 17.2 Å². The zero-order chi connectivity index (χ0) is 23.8. The molecule has 33 heavy (non-hydrogen) atoms. The van der Waals surface area contributed by atoms with Gasteiger partial charge in [0.1, 0.15) is 11.4 Å². The van der Waals surface area contributed by atoms with Crippen molar-refractivity contribution in [2.75, 3.05) is 19.4 Å². The topological polar surface area (TPSA) is 89.7 Å². The minimum Gasteiger partial charge on any atom is -0.338 e. The number of aromatic nitrogens is 3. The summed E-state index contributed by atoms with van der Waals surface area (Å²) in [5.41, 5.74) is 0.917. The van der Waals surface area contributed by atoms with Gasteiger partial charge in [0.25, 0.3) is 5.56 Å². The molecular weight excluding hydrogens is 433 g/mol. The number of hydrogen-bond acceptors (Lipinski definition) is 5. The third-order valence-corrected chi connectivity index (χ3v) is 6.16. The van der Waals surface area contributed by atoms with Crippen molar-refractivity contribution in [1.82, 2.24) is 19.7 Å². The van der Waals surface area contributed by atoms with Gasteiger partial charge in [-0.25, -0.2) is 0 Å². The van der Waals surface area contributed by atoms with E-state index in [0.29, 0.717) is 22.4 Å². The Bertz CT molecular complexity index is 1220. The summed E-state index contributed by atoms with van der Waals surface area (Å²) in [6.07, 6.45) is 0.672. The highest BCUT2D eigenvalue weighted by Crippen LogP contribution is 2.38. The van der Waals surface area contributed by atoms with Gasteiger partial charge in [0.2, 0.25) is 0 Å². The molecule has 2 N–H and O–H groups in total. The molecule has 3 atom stereocenters. The molecule has 0 spiro atoms. The second kappa shape index (κ2) is 8.90. The van der Waals surface area contributed by atoms with Crippen molar-refractivity contribution in [2.45, 2.75) is 43.9 Å². The van der Waals surface area contributed by atoms with Gasteiger partial charge in [-0.2, -0.15) is 23.5 Å². The highest BCUT2D eigenvalue weighted by molar-refractivity contribution is 5.91. The molecule has 10 heteroatoms. The quantitative estimate of drug-likeness (QED) is 0.568. The summed E-state index contributed by atoms with van der Waals surface area (Å²) < 4.78 is 42.0. The Balaban J connectivity index is 1.70. The molecule has 1 aliphatic rings. The molecule has 0 aliphatic heterocycles. The van der Waals surface area contributed by atoms with Crippen LogP contribution in [0.25, 0.3) is 10.9 Å². The van der Waals surface area contributed by atoms with E-state index in [1.807, 2.05) is 0 Å². The third-order valence-electron chi connectivity index (χ3n) is 6.16. The molecule has 2 heterocycles. The number of rotatable bonds is 5. The first-order chi connectivity index (χ1) is 15.7. The van der Waals surface area contributed by atoms with Gasteiger partial charge in [-0.1, -0.05) is 25.0 Å². The summed E-state index contributed by atoms with van der Waals surface area (Å²) >= 11 is 0. The van der Waals surface area contributed by atoms with Crippen LogP contribution in [0.3, 0.4) is 0 Å². The van der Waals surface area contributed by atoms with E-state index in [9.17, 15) is 23.2 Å². The Kier molecular flexibility index (Phi) is 6.17. The zero-order valence-electron chi connectivity index (χ0n) is 18.4. The van der Waals surface area contributed by atoms with Gasteiger partial charge in [-0.3, -0.25) is 14.4 Å². The fraction of sp³-hybridized carbons (Fsp3) is 0.435. The molecule has 1 fully saturated rings. The van der Waals surface area contributed by atoms with Crippen LogP contribution < -0.4 is 10.9 Å². The average Bonchev–Trinajstić information content (AvgIpc) is 3.13. The number of fused-ring (bicyclic) bond motifs is 1. The Morgan fingerprint density at radius 3 is 2.55 bits per heavy atom. The predicted octanol–water partition coefficient (Wildman–Crippen LogP) is 4.89. The molecule has 3 unspecified atom stereocenters. The molecule has 1 aliphatic carbocycles. The van der Waals surface area contributed by atoms with Crippen molar-refractivity contribution in [3.8, 4) is 6.07 Å². The normalized spacial score (nSPS) is 20.0. The Morgan fingerprint density at radius 2 is 1.91 bits per heavy atom. The van der Waals surface area contributed by atoms with E-state index in [1.54, 1.807) is 16.9 Å². The molecule has 174 valence electrons. The van der Waals surface area contributed by atoms with Gasteiger partial charge < -0.3 is 10.3 Å². The summed E-state index contributed by atoms with van der Waals surface area (Å²) in [6.45, 7) is 0. The summed E-state index contributed by atoms with van der Waals surface area (Å²) in [5.74, 6) is 0.112. The number of nitrogens with zero attached hydrogens (tertiary/aromatic N) is 4. The summed E-state index contributed by atoms with van der Waals surface area (Å²) in [7, 11) is 2.77. The Morgan fingerprint density at radius 1 is 1.21 bits per heavy atom. The highest BCUT2D eigenvalue weighted by atomic mass is 19.4. The van der Waals surface area contributed by atoms with Crippen LogP contribution in [-0.2, 0) is 0 Å². The van der Waals surface area contributed by atoms with Gasteiger partial charge in [-0.15, -0.1) is 0 Å². The predicted molar refractivity (Wildman–Crippen MR) is 119 cm³/mol. The summed E-state index contributed by atoms with van der Waals surface area (Å²) in [4.78, 5) is 16.4. The molecule has 1 saturated carbocycles. The van der Waals surface area contributed by atoms with Crippen LogP contribution in [0.4, 0.5) is 24.7 Å². The molecule has 4 rings (SSSR count). The van der Waals surface area contributed by atoms with Crippen LogP contribution in [0.5, 0.6) is 0 Å². The molecule has 2 aromatic heterocycles. The van der Waals surface area contributed by atoms with Gasteiger partial charge >= 0.3 is 6.18 Å². The summed E-state index contributed by atoms with van der Waals surface area (Å²) in [6, 6.07) is 8.17. The number of halogens is 3. The molecule has 0 bridgehead atoms. The van der Waals surface area contributed by atoms with Crippen molar-refractivity contribution in [3.63, 3.8) is 0 Å². The minimum atomic E-state index is -4.40. The monoisotopic (exact) mass is 458 g/mol. The van der Waals surface area contributed by atoms with Crippen LogP contribution >= 0.6 is 0 Å². The third kappa shape index (κ3) is 4.46. The first-order valence-electron chi connectivity index (χ1n) is 10.8. The number of H-pyrrole nitrogens is 1. The lowest BCUT2D eigenvalue weighted by Gasteiger charge is -2.27. The number of hydrogen-bond donors (Lipinski definition) is 2. The molecule has 7 nitrogen and oxygen atoms in total. The lowest BCUT2D eigenvalue weighted by Crippen LogP contribution is -2.33. The van der Waals surface area contributed by atoms with Crippen LogP contribution in [-0.4, -0.2) is 39.9 Å². The number of nitriles is 1. The molecule has 0 radical (unpaired) electrons. The number of anilines is 2. The Hall–Kier alpha value is -3.32. The second-order valence-corrected chi connectivity index (χ2v) is 8.60. The fourth-order valence-electron chi connectivity index (χ4n) is 4.66. The minimum absolute atomic E-state index is 0.116. The maximum atomic E-state index is 13.4. The van der Waals surface area contributed by atoms with Crippen molar-refractivity contribution in [1.29, 1.82) is 5.26 Å². The summed E-state index contributed by atoms with van der Waals surface area (Å²) in [5, 5.41) is 17.7. The van der Waals surface area contributed by atoms with Gasteiger partial charge in [0.05, 0.1) is 23.5 Å². The second-order valence-electron chi connectivity index (χ2n) is 8.60. The standard InChI is InChI=1S/C23H25F3N6O/c1-31(2)20(23(24,25)26)14-7-9-16(10-8-14)29-21-19-18(11-12-28-22(19)33)32(30-21)17-6-4-3-5-15(17)13-27/h7-12,15,17,20H,3-6H2,1-2H3,(H,28,33)(H,29,30). The molecule has 0 saturated heterocycles. The van der Waals surface area contributed by atoms with Crippen molar-refractivity contribution < 1.29 is 13.2 Å². The lowest BCUT2D eigenvalue weighted by molar-refractivity contribution is -0.179. The molecule has 3 aromatic rings. The maximum absolute atomic E-state index is 13.4. The molecule has 1 aromatic carbocycles. The van der Waals surface area contributed by atoms with Crippen molar-refractivity contribution >= 4 is 22.4 Å². The number of alkyl halides is 3. The smallest absolute Gasteiger partial charge is 0.338 e. The lowest BCUT2D eigenvalue weighted by atomic mass is 9.85. The highest BCUT2D eigenvalue weighted by Gasteiger charge is 2.42. The van der Waals surface area contributed by atoms with E-state index in [-0.39, 0.29) is 23.1 Å². The van der Waals surface area contributed by atoms with Crippen LogP contribution in [0.1, 0.15) is 43.3 Å².